The van der Waals surface area contributed by atoms with Crippen molar-refractivity contribution in [2.24, 2.45) is 0 Å². The average Bonchev–Trinajstić information content (AvgIpc) is 3.20. The highest BCUT2D eigenvalue weighted by Gasteiger charge is 2.26. The molecule has 1 saturated heterocycles. The molecule has 0 spiro atoms. The van der Waals surface area contributed by atoms with Crippen LogP contribution < -0.4 is 11.0 Å². The predicted octanol–water partition coefficient (Wildman–Crippen LogP) is 2.77. The van der Waals surface area contributed by atoms with Crippen molar-refractivity contribution in [3.63, 3.8) is 0 Å². The number of hydrogen-bond acceptors (Lipinski definition) is 4. The lowest BCUT2D eigenvalue weighted by molar-refractivity contribution is 0.0755. The Morgan fingerprint density at radius 3 is 2.30 bits per heavy atom. The fourth-order valence-corrected chi connectivity index (χ4v) is 3.77. The second kappa shape index (κ2) is 10.1. The molecular formula is C21H30N6O3. The maximum atomic E-state index is 12.7. The van der Waals surface area contributed by atoms with Gasteiger partial charge in [-0.3, -0.25) is 9.78 Å². The number of benzene rings is 1. The number of carbonyl (C=O) groups excluding carboxylic acids is 2. The van der Waals surface area contributed by atoms with E-state index in [9.17, 15) is 14.4 Å². The van der Waals surface area contributed by atoms with Gasteiger partial charge in [0.1, 0.15) is 5.82 Å². The van der Waals surface area contributed by atoms with Gasteiger partial charge in [0.05, 0.1) is 0 Å². The van der Waals surface area contributed by atoms with Gasteiger partial charge in [-0.25, -0.2) is 14.7 Å². The number of anilines is 1. The molecule has 2 aromatic rings. The van der Waals surface area contributed by atoms with E-state index < -0.39 is 0 Å². The molecule has 162 valence electrons. The van der Waals surface area contributed by atoms with Crippen molar-refractivity contribution in [3.05, 3.63) is 46.1 Å². The lowest BCUT2D eigenvalue weighted by Gasteiger charge is -2.31. The Labute approximate surface area is 175 Å². The number of hydrogen-bond donors (Lipinski definition) is 3. The number of likely N-dealkylation sites (tertiary alicyclic amines) is 1. The minimum Gasteiger partial charge on any atom is -0.339 e. The zero-order valence-corrected chi connectivity index (χ0v) is 17.6. The van der Waals surface area contributed by atoms with E-state index in [1.54, 1.807) is 29.2 Å². The van der Waals surface area contributed by atoms with Crippen molar-refractivity contribution in [2.75, 3.05) is 31.5 Å². The number of aromatic amines is 2. The first kappa shape index (κ1) is 21.6. The van der Waals surface area contributed by atoms with E-state index in [1.165, 1.54) is 0 Å². The largest absolute Gasteiger partial charge is 0.340 e. The highest BCUT2D eigenvalue weighted by Crippen LogP contribution is 2.25. The number of nitrogens with one attached hydrogen (secondary N) is 3. The van der Waals surface area contributed by atoms with Crippen LogP contribution in [-0.4, -0.2) is 63.1 Å². The van der Waals surface area contributed by atoms with E-state index in [0.717, 1.165) is 38.8 Å². The van der Waals surface area contributed by atoms with Crippen LogP contribution in [0.2, 0.25) is 0 Å². The molecule has 3 rings (SSSR count). The molecule has 0 radical (unpaired) electrons. The number of aromatic nitrogens is 3. The van der Waals surface area contributed by atoms with Gasteiger partial charge in [0.2, 0.25) is 0 Å². The first-order valence-corrected chi connectivity index (χ1v) is 10.6. The van der Waals surface area contributed by atoms with E-state index >= 15 is 0 Å². The van der Waals surface area contributed by atoms with Gasteiger partial charge in [-0.1, -0.05) is 13.8 Å². The Hall–Kier alpha value is -3.10. The SMILES string of the molecule is CCCN(CCC)C(=O)c1ccc(NC(=O)N2CCC(c3n[nH]c(=O)[nH]3)CC2)cc1. The summed E-state index contributed by atoms with van der Waals surface area (Å²) in [6, 6.07) is 6.89. The number of nitrogens with zero attached hydrogens (tertiary/aromatic N) is 3. The van der Waals surface area contributed by atoms with Crippen LogP contribution in [-0.2, 0) is 0 Å². The highest BCUT2D eigenvalue weighted by atomic mass is 16.2. The number of H-pyrrole nitrogens is 2. The fourth-order valence-electron chi connectivity index (χ4n) is 3.77. The summed E-state index contributed by atoms with van der Waals surface area (Å²) >= 11 is 0. The monoisotopic (exact) mass is 414 g/mol. The number of urea groups is 1. The van der Waals surface area contributed by atoms with E-state index in [-0.39, 0.29) is 23.5 Å². The van der Waals surface area contributed by atoms with Gasteiger partial charge in [-0.15, -0.1) is 0 Å². The molecule has 1 aromatic heterocycles. The van der Waals surface area contributed by atoms with Gasteiger partial charge in [-0.2, -0.15) is 5.10 Å². The van der Waals surface area contributed by atoms with E-state index in [1.807, 2.05) is 4.90 Å². The average molecular weight is 415 g/mol. The molecule has 9 heteroatoms. The summed E-state index contributed by atoms with van der Waals surface area (Å²) in [7, 11) is 0. The lowest BCUT2D eigenvalue weighted by Crippen LogP contribution is -2.40. The fraction of sp³-hybridized carbons (Fsp3) is 0.524. The van der Waals surface area contributed by atoms with Crippen LogP contribution in [0.25, 0.3) is 0 Å². The molecule has 30 heavy (non-hydrogen) atoms. The molecule has 1 aliphatic heterocycles. The van der Waals surface area contributed by atoms with Crippen molar-refractivity contribution in [2.45, 2.75) is 45.4 Å². The molecule has 0 saturated carbocycles. The number of amides is 3. The van der Waals surface area contributed by atoms with Crippen molar-refractivity contribution >= 4 is 17.6 Å². The first-order chi connectivity index (χ1) is 14.5. The Morgan fingerprint density at radius 2 is 1.77 bits per heavy atom. The van der Waals surface area contributed by atoms with E-state index in [4.69, 9.17) is 0 Å². The predicted molar refractivity (Wildman–Crippen MR) is 115 cm³/mol. The van der Waals surface area contributed by atoms with E-state index in [0.29, 0.717) is 30.2 Å². The lowest BCUT2D eigenvalue weighted by atomic mass is 9.96. The van der Waals surface area contributed by atoms with Crippen LogP contribution in [0.15, 0.2) is 29.1 Å². The summed E-state index contributed by atoms with van der Waals surface area (Å²) in [5.74, 6) is 0.822. The zero-order valence-electron chi connectivity index (χ0n) is 17.6. The molecule has 3 N–H and O–H groups in total. The molecule has 0 unspecified atom stereocenters. The molecule has 2 heterocycles. The zero-order chi connectivity index (χ0) is 21.5. The van der Waals surface area contributed by atoms with Gasteiger partial charge < -0.3 is 15.1 Å². The Kier molecular flexibility index (Phi) is 7.26. The maximum Gasteiger partial charge on any atom is 0.340 e. The summed E-state index contributed by atoms with van der Waals surface area (Å²) in [5.41, 5.74) is 0.983. The molecule has 1 fully saturated rings. The summed E-state index contributed by atoms with van der Waals surface area (Å²) in [4.78, 5) is 42.7. The third-order valence-corrected chi connectivity index (χ3v) is 5.35. The second-order valence-electron chi connectivity index (χ2n) is 7.62. The molecule has 0 aliphatic carbocycles. The minimum atomic E-state index is -0.306. The second-order valence-corrected chi connectivity index (χ2v) is 7.62. The standard InChI is InChI=1S/C21H30N6O3/c1-3-11-26(12-4-2)19(28)16-5-7-17(8-6-16)22-21(30)27-13-9-15(10-14-27)18-23-20(29)25-24-18/h5-8,15H,3-4,9-14H2,1-2H3,(H,22,30)(H2,23,24,25,29). The van der Waals surface area contributed by atoms with Crippen molar-refractivity contribution < 1.29 is 9.59 Å². The van der Waals surface area contributed by atoms with Crippen LogP contribution in [0.3, 0.4) is 0 Å². The molecule has 3 amide bonds. The van der Waals surface area contributed by atoms with Gasteiger partial charge in [0, 0.05) is 43.3 Å². The normalized spacial score (nSPS) is 14.5. The Morgan fingerprint density at radius 1 is 1.13 bits per heavy atom. The quantitative estimate of drug-likeness (QED) is 0.646. The van der Waals surface area contributed by atoms with Crippen LogP contribution in [0.1, 0.15) is 61.6 Å². The topological polar surface area (TPSA) is 114 Å². The minimum absolute atomic E-state index is 0.0232. The number of piperidine rings is 1. The van der Waals surface area contributed by atoms with E-state index in [2.05, 4.69) is 34.3 Å². The summed E-state index contributed by atoms with van der Waals surface area (Å²) < 4.78 is 0. The van der Waals surface area contributed by atoms with Gasteiger partial charge >= 0.3 is 11.7 Å². The van der Waals surface area contributed by atoms with Gasteiger partial charge in [0.15, 0.2) is 0 Å². The van der Waals surface area contributed by atoms with Gasteiger partial charge in [0.25, 0.3) is 5.91 Å². The third-order valence-electron chi connectivity index (χ3n) is 5.35. The smallest absolute Gasteiger partial charge is 0.339 e. The summed E-state index contributed by atoms with van der Waals surface area (Å²) in [5, 5.41) is 9.28. The van der Waals surface area contributed by atoms with Crippen LogP contribution in [0.4, 0.5) is 10.5 Å². The molecule has 0 bridgehead atoms. The Bertz CT molecular complexity index is 890. The maximum absolute atomic E-state index is 12.7. The number of rotatable bonds is 7. The number of carbonyl (C=O) groups is 2. The molecular weight excluding hydrogens is 384 g/mol. The van der Waals surface area contributed by atoms with Gasteiger partial charge in [-0.05, 0) is 49.9 Å². The third kappa shape index (κ3) is 5.28. The molecule has 9 nitrogen and oxygen atoms in total. The van der Waals surface area contributed by atoms with Crippen LogP contribution >= 0.6 is 0 Å². The van der Waals surface area contributed by atoms with Crippen LogP contribution in [0, 0.1) is 0 Å². The Balaban J connectivity index is 1.53. The molecule has 1 aliphatic rings. The van der Waals surface area contributed by atoms with Crippen molar-refractivity contribution in [1.29, 1.82) is 0 Å². The summed E-state index contributed by atoms with van der Waals surface area (Å²) in [6.07, 6.45) is 3.33. The first-order valence-electron chi connectivity index (χ1n) is 10.6. The van der Waals surface area contributed by atoms with Crippen LogP contribution in [0.5, 0.6) is 0 Å². The molecule has 1 aromatic carbocycles. The summed E-state index contributed by atoms with van der Waals surface area (Å²) in [6.45, 7) is 6.79. The van der Waals surface area contributed by atoms with Crippen molar-refractivity contribution in [1.82, 2.24) is 25.0 Å². The molecule has 0 atom stereocenters. The highest BCUT2D eigenvalue weighted by molar-refractivity contribution is 5.95. The van der Waals surface area contributed by atoms with Crippen molar-refractivity contribution in [3.8, 4) is 0 Å².